The summed E-state index contributed by atoms with van der Waals surface area (Å²) in [5.74, 6) is 1.000. The van der Waals surface area contributed by atoms with Crippen LogP contribution in [0, 0.1) is 6.92 Å². The van der Waals surface area contributed by atoms with Crippen LogP contribution in [0.1, 0.15) is 5.82 Å². The third kappa shape index (κ3) is 2.01. The first kappa shape index (κ1) is 10.9. The highest BCUT2D eigenvalue weighted by atomic mass is 79.9. The summed E-state index contributed by atoms with van der Waals surface area (Å²) < 4.78 is 4.12. The maximum absolute atomic E-state index is 4.51. The summed E-state index contributed by atoms with van der Waals surface area (Å²) in [7, 11) is 1.99. The highest BCUT2D eigenvalue weighted by Gasteiger charge is 2.10. The van der Waals surface area contributed by atoms with Crippen LogP contribution in [0.2, 0.25) is 0 Å². The van der Waals surface area contributed by atoms with E-state index in [1.54, 1.807) is 0 Å². The molecule has 1 aromatic carbocycles. The minimum atomic E-state index is 0.988. The van der Waals surface area contributed by atoms with Gasteiger partial charge in [-0.05, 0) is 35.0 Å². The molecular weight excluding hydrogens is 320 g/mol. The fraction of sp³-hybridized carbons (Fsp3) is 0.182. The average molecular weight is 330 g/mol. The van der Waals surface area contributed by atoms with Crippen LogP contribution in [0.3, 0.4) is 0 Å². The van der Waals surface area contributed by atoms with Crippen molar-refractivity contribution < 1.29 is 0 Å². The predicted octanol–water partition coefficient (Wildman–Crippen LogP) is 3.92. The van der Waals surface area contributed by atoms with Crippen LogP contribution in [0.15, 0.2) is 33.3 Å². The molecule has 0 saturated carbocycles. The van der Waals surface area contributed by atoms with Crippen molar-refractivity contribution in [1.82, 2.24) is 9.55 Å². The Morgan fingerprint density at radius 3 is 2.20 bits per heavy atom. The number of benzene rings is 1. The lowest BCUT2D eigenvalue weighted by Gasteiger charge is -1.99. The Balaban J connectivity index is 2.54. The van der Waals surface area contributed by atoms with Gasteiger partial charge in [0.15, 0.2) is 0 Å². The lowest BCUT2D eigenvalue weighted by molar-refractivity contribution is 0.840. The molecule has 4 heteroatoms. The van der Waals surface area contributed by atoms with Gasteiger partial charge >= 0.3 is 0 Å². The molecule has 0 saturated heterocycles. The van der Waals surface area contributed by atoms with Gasteiger partial charge in [0.05, 0.1) is 0 Å². The molecule has 2 rings (SSSR count). The lowest BCUT2D eigenvalue weighted by Crippen LogP contribution is -1.90. The molecule has 0 fully saturated rings. The van der Waals surface area contributed by atoms with E-state index in [4.69, 9.17) is 0 Å². The first-order chi connectivity index (χ1) is 7.09. The Bertz CT molecular complexity index is 486. The normalized spacial score (nSPS) is 10.7. The van der Waals surface area contributed by atoms with Crippen LogP contribution >= 0.6 is 31.9 Å². The highest BCUT2D eigenvalue weighted by molar-refractivity contribution is 9.10. The Kier molecular flexibility index (Phi) is 2.98. The van der Waals surface area contributed by atoms with Crippen LogP contribution < -0.4 is 0 Å². The number of halogens is 2. The van der Waals surface area contributed by atoms with Gasteiger partial charge in [-0.3, -0.25) is 0 Å². The molecule has 0 radical (unpaired) electrons. The van der Waals surface area contributed by atoms with E-state index in [0.29, 0.717) is 0 Å². The minimum Gasteiger partial charge on any atom is -0.326 e. The third-order valence-electron chi connectivity index (χ3n) is 2.37. The molecule has 0 unspecified atom stereocenters. The Morgan fingerprint density at radius 1 is 1.13 bits per heavy atom. The van der Waals surface area contributed by atoms with E-state index in [-0.39, 0.29) is 0 Å². The van der Waals surface area contributed by atoms with E-state index in [0.717, 1.165) is 26.2 Å². The number of rotatable bonds is 1. The van der Waals surface area contributed by atoms with Crippen molar-refractivity contribution in [3.05, 3.63) is 39.2 Å². The number of hydrogen-bond acceptors (Lipinski definition) is 1. The SMILES string of the molecule is Cc1nc(-c2ccc(Br)cc2)c(Br)n1C. The predicted molar refractivity (Wildman–Crippen MR) is 68.8 cm³/mol. The monoisotopic (exact) mass is 328 g/mol. The van der Waals surface area contributed by atoms with Gasteiger partial charge in [0.25, 0.3) is 0 Å². The van der Waals surface area contributed by atoms with E-state index in [9.17, 15) is 0 Å². The minimum absolute atomic E-state index is 0.988. The van der Waals surface area contributed by atoms with E-state index in [1.807, 2.05) is 30.7 Å². The van der Waals surface area contributed by atoms with Crippen molar-refractivity contribution in [1.29, 1.82) is 0 Å². The third-order valence-corrected chi connectivity index (χ3v) is 3.80. The summed E-state index contributed by atoms with van der Waals surface area (Å²) in [6, 6.07) is 8.14. The molecule has 78 valence electrons. The number of aromatic nitrogens is 2. The zero-order valence-electron chi connectivity index (χ0n) is 8.46. The van der Waals surface area contributed by atoms with Gasteiger partial charge in [-0.2, -0.15) is 0 Å². The first-order valence-electron chi connectivity index (χ1n) is 4.54. The standard InChI is InChI=1S/C11H10Br2N2/c1-7-14-10(11(13)15(7)2)8-3-5-9(12)6-4-8/h3-6H,1-2H3. The summed E-state index contributed by atoms with van der Waals surface area (Å²) >= 11 is 6.96. The molecule has 15 heavy (non-hydrogen) atoms. The fourth-order valence-corrected chi connectivity index (χ4v) is 2.21. The molecule has 0 N–H and O–H groups in total. The van der Waals surface area contributed by atoms with Crippen LogP contribution in [0.5, 0.6) is 0 Å². The van der Waals surface area contributed by atoms with Gasteiger partial charge in [0.1, 0.15) is 16.1 Å². The Labute approximate surface area is 106 Å². The molecule has 2 nitrogen and oxygen atoms in total. The molecule has 1 heterocycles. The zero-order chi connectivity index (χ0) is 11.0. The van der Waals surface area contributed by atoms with Crippen LogP contribution in [0.4, 0.5) is 0 Å². The number of imidazole rings is 1. The molecule has 0 atom stereocenters. The quantitative estimate of drug-likeness (QED) is 0.775. The lowest BCUT2D eigenvalue weighted by atomic mass is 10.2. The summed E-state index contributed by atoms with van der Waals surface area (Å²) in [4.78, 5) is 4.51. The fourth-order valence-electron chi connectivity index (χ4n) is 1.38. The van der Waals surface area contributed by atoms with E-state index < -0.39 is 0 Å². The molecule has 0 aliphatic rings. The molecular formula is C11H10Br2N2. The van der Waals surface area contributed by atoms with Crippen LogP contribution in [-0.2, 0) is 7.05 Å². The van der Waals surface area contributed by atoms with Gasteiger partial charge in [-0.1, -0.05) is 28.1 Å². The van der Waals surface area contributed by atoms with Crippen molar-refractivity contribution in [3.8, 4) is 11.3 Å². The maximum atomic E-state index is 4.51. The summed E-state index contributed by atoms with van der Waals surface area (Å²) in [5, 5.41) is 0. The maximum Gasteiger partial charge on any atom is 0.112 e. The van der Waals surface area contributed by atoms with E-state index in [2.05, 4.69) is 49.0 Å². The first-order valence-corrected chi connectivity index (χ1v) is 6.13. The second kappa shape index (κ2) is 4.10. The number of aryl methyl sites for hydroxylation is 1. The molecule has 2 aromatic rings. The van der Waals surface area contributed by atoms with E-state index in [1.165, 1.54) is 0 Å². The summed E-state index contributed by atoms with van der Waals surface area (Å²) in [5.41, 5.74) is 2.11. The largest absolute Gasteiger partial charge is 0.326 e. The Hall–Kier alpha value is -0.610. The molecule has 0 aliphatic carbocycles. The van der Waals surface area contributed by atoms with Crippen LogP contribution in [0.25, 0.3) is 11.3 Å². The van der Waals surface area contributed by atoms with Crippen molar-refractivity contribution in [2.45, 2.75) is 6.92 Å². The topological polar surface area (TPSA) is 17.8 Å². The van der Waals surface area contributed by atoms with Gasteiger partial charge in [0, 0.05) is 17.1 Å². The van der Waals surface area contributed by atoms with Gasteiger partial charge in [-0.15, -0.1) is 0 Å². The Morgan fingerprint density at radius 2 is 1.73 bits per heavy atom. The molecule has 0 amide bonds. The summed E-state index contributed by atoms with van der Waals surface area (Å²) in [6.07, 6.45) is 0. The number of nitrogens with zero attached hydrogens (tertiary/aromatic N) is 2. The van der Waals surface area contributed by atoms with Crippen molar-refractivity contribution in [3.63, 3.8) is 0 Å². The van der Waals surface area contributed by atoms with Crippen LogP contribution in [-0.4, -0.2) is 9.55 Å². The van der Waals surface area contributed by atoms with Crippen molar-refractivity contribution in [2.75, 3.05) is 0 Å². The van der Waals surface area contributed by atoms with Gasteiger partial charge in [0.2, 0.25) is 0 Å². The zero-order valence-corrected chi connectivity index (χ0v) is 11.6. The smallest absolute Gasteiger partial charge is 0.112 e. The van der Waals surface area contributed by atoms with Crippen molar-refractivity contribution in [2.24, 2.45) is 7.05 Å². The summed E-state index contributed by atoms with van der Waals surface area (Å²) in [6.45, 7) is 1.99. The van der Waals surface area contributed by atoms with Gasteiger partial charge < -0.3 is 4.57 Å². The van der Waals surface area contributed by atoms with Crippen molar-refractivity contribution >= 4 is 31.9 Å². The average Bonchev–Trinajstić information content (AvgIpc) is 2.47. The molecule has 1 aromatic heterocycles. The van der Waals surface area contributed by atoms with Gasteiger partial charge in [-0.25, -0.2) is 4.98 Å². The highest BCUT2D eigenvalue weighted by Crippen LogP contribution is 2.28. The molecule has 0 spiro atoms. The second-order valence-electron chi connectivity index (χ2n) is 3.36. The molecule has 0 bridgehead atoms. The number of hydrogen-bond donors (Lipinski definition) is 0. The second-order valence-corrected chi connectivity index (χ2v) is 5.03. The molecule has 0 aliphatic heterocycles. The van der Waals surface area contributed by atoms with E-state index >= 15 is 0 Å².